The van der Waals surface area contributed by atoms with E-state index in [1.807, 2.05) is 0 Å². The summed E-state index contributed by atoms with van der Waals surface area (Å²) in [5, 5.41) is 0.628. The maximum Gasteiger partial charge on any atom is 0.306 e. The van der Waals surface area contributed by atoms with Crippen LogP contribution in [0.4, 0.5) is 0 Å². The lowest BCUT2D eigenvalue weighted by atomic mass is 9.97. The Kier molecular flexibility index (Phi) is 8.85. The molecule has 0 aliphatic carbocycles. The number of rotatable bonds is 11. The molecule has 13 heteroatoms. The third-order valence-corrected chi connectivity index (χ3v) is 8.59. The van der Waals surface area contributed by atoms with Crippen LogP contribution in [0.25, 0.3) is 20.5 Å². The summed E-state index contributed by atoms with van der Waals surface area (Å²) in [6.07, 6.45) is 1.92. The van der Waals surface area contributed by atoms with Crippen LogP contribution in [-0.2, 0) is 25.0 Å². The van der Waals surface area contributed by atoms with Crippen molar-refractivity contribution in [3.8, 4) is 27.7 Å². The summed E-state index contributed by atoms with van der Waals surface area (Å²) in [6, 6.07) is 18.0. The molecule has 0 atom stereocenters. The van der Waals surface area contributed by atoms with Gasteiger partial charge < -0.3 is 17.8 Å². The lowest BCUT2D eigenvalue weighted by Gasteiger charge is -2.26. The summed E-state index contributed by atoms with van der Waals surface area (Å²) in [4.78, 5) is 16.8. The van der Waals surface area contributed by atoms with Crippen molar-refractivity contribution in [2.75, 3.05) is 52.0 Å². The highest BCUT2D eigenvalue weighted by molar-refractivity contribution is 7.86. The Morgan fingerprint density at radius 2 is 1.43 bits per heavy atom. The molecule has 10 nitrogen and oxygen atoms in total. The van der Waals surface area contributed by atoms with Crippen LogP contribution in [0.5, 0.6) is 17.2 Å². The average Bonchev–Trinajstić information content (AvgIpc) is 3.31. The van der Waals surface area contributed by atoms with Crippen molar-refractivity contribution in [2.45, 2.75) is 0 Å². The van der Waals surface area contributed by atoms with Gasteiger partial charge in [0.1, 0.15) is 23.9 Å². The van der Waals surface area contributed by atoms with Gasteiger partial charge in [-0.3, -0.25) is 9.69 Å². The van der Waals surface area contributed by atoms with E-state index < -0.39 is 20.2 Å². The minimum absolute atomic E-state index is 0.132. The standard InChI is InChI=1S/C29H29NO9S3/c1-41(32,33)38-23-9-5-21(6-10-23)29-27(25-12-11-24(19-26(25)40-29)39-42(2,34)35)28(31)20-3-7-22(8-4-20)37-18-15-30-13-16-36-17-14-30/h3-12,19H,13-18H2,1-2H3. The van der Waals surface area contributed by atoms with Gasteiger partial charge in [0.05, 0.1) is 25.7 Å². The van der Waals surface area contributed by atoms with Crippen LogP contribution in [0.3, 0.4) is 0 Å². The molecule has 3 aromatic carbocycles. The molecule has 1 aromatic heterocycles. The number of carbonyl (C=O) groups is 1. The van der Waals surface area contributed by atoms with Gasteiger partial charge in [-0.1, -0.05) is 0 Å². The Balaban J connectivity index is 1.44. The first kappa shape index (κ1) is 30.0. The molecule has 1 fully saturated rings. The molecule has 4 aromatic rings. The number of hydrogen-bond donors (Lipinski definition) is 0. The lowest BCUT2D eigenvalue weighted by molar-refractivity contribution is 0.0322. The quantitative estimate of drug-likeness (QED) is 0.176. The van der Waals surface area contributed by atoms with E-state index in [2.05, 4.69) is 4.90 Å². The molecule has 0 saturated carbocycles. The highest BCUT2D eigenvalue weighted by atomic mass is 32.2. The largest absolute Gasteiger partial charge is 0.492 e. The Bertz CT molecular complexity index is 1790. The Hall–Kier alpha value is -3.49. The number of benzene rings is 3. The van der Waals surface area contributed by atoms with Crippen molar-refractivity contribution in [1.29, 1.82) is 0 Å². The molecule has 0 spiro atoms. The summed E-state index contributed by atoms with van der Waals surface area (Å²) in [7, 11) is -7.44. The zero-order valence-electron chi connectivity index (χ0n) is 22.9. The number of thiophene rings is 1. The molecule has 2 heterocycles. The minimum Gasteiger partial charge on any atom is -0.492 e. The topological polar surface area (TPSA) is 126 Å². The zero-order chi connectivity index (χ0) is 29.9. The molecule has 0 N–H and O–H groups in total. The molecule has 0 amide bonds. The van der Waals surface area contributed by atoms with Crippen molar-refractivity contribution in [2.24, 2.45) is 0 Å². The van der Waals surface area contributed by atoms with E-state index in [0.717, 1.165) is 45.4 Å². The third kappa shape index (κ3) is 7.66. The molecule has 0 radical (unpaired) electrons. The number of hydrogen-bond acceptors (Lipinski definition) is 11. The summed E-state index contributed by atoms with van der Waals surface area (Å²) >= 11 is 1.29. The molecule has 222 valence electrons. The molecule has 0 bridgehead atoms. The maximum atomic E-state index is 13.9. The zero-order valence-corrected chi connectivity index (χ0v) is 25.4. The summed E-state index contributed by atoms with van der Waals surface area (Å²) in [5.41, 5.74) is 1.54. The van der Waals surface area contributed by atoms with Crippen LogP contribution in [0.2, 0.25) is 0 Å². The predicted octanol–water partition coefficient (Wildman–Crippen LogP) is 4.19. The molecular formula is C29H29NO9S3. The normalized spacial score (nSPS) is 14.5. The number of morpholine rings is 1. The summed E-state index contributed by atoms with van der Waals surface area (Å²) in [5.74, 6) is 0.694. The first-order chi connectivity index (χ1) is 19.9. The molecule has 5 rings (SSSR count). The second-order valence-corrected chi connectivity index (χ2v) is 13.9. The van der Waals surface area contributed by atoms with Gasteiger partial charge >= 0.3 is 20.2 Å². The van der Waals surface area contributed by atoms with Crippen molar-refractivity contribution >= 4 is 47.4 Å². The van der Waals surface area contributed by atoms with Crippen molar-refractivity contribution in [1.82, 2.24) is 4.90 Å². The van der Waals surface area contributed by atoms with Crippen molar-refractivity contribution in [3.63, 3.8) is 0 Å². The second kappa shape index (κ2) is 12.4. The van der Waals surface area contributed by atoms with Gasteiger partial charge in [0, 0.05) is 45.7 Å². The van der Waals surface area contributed by atoms with Gasteiger partial charge in [-0.2, -0.15) is 16.8 Å². The second-order valence-electron chi connectivity index (χ2n) is 9.72. The van der Waals surface area contributed by atoms with E-state index in [1.165, 1.54) is 29.5 Å². The fraction of sp³-hybridized carbons (Fsp3) is 0.276. The SMILES string of the molecule is CS(=O)(=O)Oc1ccc(-c2sc3cc(OS(C)(=O)=O)ccc3c2C(=O)c2ccc(OCCN3CCOCC3)cc2)cc1. The molecule has 42 heavy (non-hydrogen) atoms. The molecule has 1 aliphatic rings. The average molecular weight is 632 g/mol. The highest BCUT2D eigenvalue weighted by Gasteiger charge is 2.23. The van der Waals surface area contributed by atoms with Crippen LogP contribution in [0.1, 0.15) is 15.9 Å². The van der Waals surface area contributed by atoms with Crippen molar-refractivity contribution in [3.05, 3.63) is 77.9 Å². The molecule has 1 aliphatic heterocycles. The fourth-order valence-corrected chi connectivity index (χ4v) is 6.68. The van der Waals surface area contributed by atoms with E-state index in [-0.39, 0.29) is 17.3 Å². The van der Waals surface area contributed by atoms with E-state index in [9.17, 15) is 21.6 Å². The Morgan fingerprint density at radius 1 is 0.833 bits per heavy atom. The summed E-state index contributed by atoms with van der Waals surface area (Å²) < 4.78 is 68.3. The number of ketones is 1. The molecule has 1 saturated heterocycles. The first-order valence-corrected chi connectivity index (χ1v) is 17.4. The number of ether oxygens (including phenoxy) is 2. The molecule has 0 unspecified atom stereocenters. The smallest absolute Gasteiger partial charge is 0.306 e. The van der Waals surface area contributed by atoms with Gasteiger partial charge in [-0.25, -0.2) is 0 Å². The van der Waals surface area contributed by atoms with Crippen LogP contribution in [0, 0.1) is 0 Å². The minimum atomic E-state index is -3.74. The fourth-order valence-electron chi connectivity index (χ4n) is 4.53. The van der Waals surface area contributed by atoms with Crippen LogP contribution in [0.15, 0.2) is 66.7 Å². The van der Waals surface area contributed by atoms with Crippen molar-refractivity contribution < 1.29 is 39.5 Å². The molecular weight excluding hydrogens is 603 g/mol. The third-order valence-electron chi connectivity index (χ3n) is 6.40. The Morgan fingerprint density at radius 3 is 2.07 bits per heavy atom. The predicted molar refractivity (Wildman–Crippen MR) is 161 cm³/mol. The maximum absolute atomic E-state index is 13.9. The first-order valence-electron chi connectivity index (χ1n) is 13.0. The lowest BCUT2D eigenvalue weighted by Crippen LogP contribution is -2.38. The van der Waals surface area contributed by atoms with E-state index in [0.29, 0.717) is 44.0 Å². The number of fused-ring (bicyclic) bond motifs is 1. The van der Waals surface area contributed by atoms with Crippen LogP contribution < -0.4 is 13.1 Å². The highest BCUT2D eigenvalue weighted by Crippen LogP contribution is 2.42. The van der Waals surface area contributed by atoms with E-state index in [1.54, 1.807) is 48.5 Å². The van der Waals surface area contributed by atoms with Gasteiger partial charge in [0.15, 0.2) is 5.78 Å². The van der Waals surface area contributed by atoms with Crippen LogP contribution >= 0.6 is 11.3 Å². The van der Waals surface area contributed by atoms with E-state index >= 15 is 0 Å². The van der Waals surface area contributed by atoms with Gasteiger partial charge in [0.25, 0.3) is 0 Å². The number of nitrogens with zero attached hydrogens (tertiary/aromatic N) is 1. The summed E-state index contributed by atoms with van der Waals surface area (Å²) in [6.45, 7) is 4.50. The van der Waals surface area contributed by atoms with E-state index in [4.69, 9.17) is 17.8 Å². The Labute approximate surface area is 248 Å². The monoisotopic (exact) mass is 631 g/mol. The van der Waals surface area contributed by atoms with Gasteiger partial charge in [0.2, 0.25) is 0 Å². The number of carbonyl (C=O) groups excluding carboxylic acids is 1. The van der Waals surface area contributed by atoms with Gasteiger partial charge in [-0.05, 0) is 72.3 Å². The van der Waals surface area contributed by atoms with Gasteiger partial charge in [-0.15, -0.1) is 11.3 Å². The van der Waals surface area contributed by atoms with Crippen LogP contribution in [-0.4, -0.2) is 79.5 Å².